The number of benzene rings is 1. The minimum atomic E-state index is 0.105. The van der Waals surface area contributed by atoms with Gasteiger partial charge in [0.25, 0.3) is 0 Å². The fourth-order valence-corrected chi connectivity index (χ4v) is 2.13. The van der Waals surface area contributed by atoms with Gasteiger partial charge in [-0.1, -0.05) is 27.5 Å². The van der Waals surface area contributed by atoms with Crippen molar-refractivity contribution in [1.29, 1.82) is 0 Å². The van der Waals surface area contributed by atoms with Gasteiger partial charge in [-0.3, -0.25) is 0 Å². The van der Waals surface area contributed by atoms with E-state index in [1.54, 1.807) is 13.2 Å². The van der Waals surface area contributed by atoms with E-state index >= 15 is 0 Å². The quantitative estimate of drug-likeness (QED) is 0.595. The Morgan fingerprint density at radius 3 is 2.67 bits per heavy atom. The highest BCUT2D eigenvalue weighted by atomic mass is 79.9. The smallest absolute Gasteiger partial charge is 0.224 e. The predicted octanol–water partition coefficient (Wildman–Crippen LogP) is 3.71. The lowest BCUT2D eigenvalue weighted by atomic mass is 10.2. The average Bonchev–Trinajstić information content (AvgIpc) is 2.18. The molecule has 0 radical (unpaired) electrons. The van der Waals surface area contributed by atoms with Gasteiger partial charge in [-0.15, -0.1) is 0 Å². The molecule has 0 saturated carbocycles. The Hall–Kier alpha value is -0.580. The van der Waals surface area contributed by atoms with Gasteiger partial charge in [0.1, 0.15) is 16.4 Å². The molecular weight excluding hydrogens is 303 g/mol. The van der Waals surface area contributed by atoms with Crippen LogP contribution in [0.5, 0.6) is 5.75 Å². The van der Waals surface area contributed by atoms with Crippen LogP contribution in [-0.4, -0.2) is 17.1 Å². The van der Waals surface area contributed by atoms with Crippen LogP contribution in [-0.2, 0) is 0 Å². The highest BCUT2D eigenvalue weighted by Crippen LogP contribution is 2.32. The molecule has 0 saturated heterocycles. The van der Waals surface area contributed by atoms with E-state index in [0.29, 0.717) is 21.8 Å². The summed E-state index contributed by atoms with van der Waals surface area (Å²) < 4.78 is 6.03. The summed E-state index contributed by atoms with van der Waals surface area (Å²) >= 11 is 15.0. The highest BCUT2D eigenvalue weighted by Gasteiger charge is 2.10. The van der Waals surface area contributed by atoms with Crippen LogP contribution < -0.4 is 4.74 Å². The van der Waals surface area contributed by atoms with Gasteiger partial charge in [-0.05, 0) is 23.7 Å². The standard InChI is InChI=1S/C9H5BrCl2N2O/c1-15-6-3-4(10)2-5-7(6)13-9(12)14-8(5)11/h2-3H,1H3. The second-order valence-corrected chi connectivity index (χ2v) is 4.40. The molecule has 2 aromatic rings. The van der Waals surface area contributed by atoms with Gasteiger partial charge in [0, 0.05) is 9.86 Å². The zero-order valence-corrected chi connectivity index (χ0v) is 10.7. The van der Waals surface area contributed by atoms with E-state index in [4.69, 9.17) is 27.9 Å². The van der Waals surface area contributed by atoms with E-state index in [2.05, 4.69) is 25.9 Å². The van der Waals surface area contributed by atoms with E-state index in [1.165, 1.54) is 0 Å². The largest absolute Gasteiger partial charge is 0.494 e. The zero-order chi connectivity index (χ0) is 11.0. The molecule has 2 rings (SSSR count). The van der Waals surface area contributed by atoms with Crippen LogP contribution in [0, 0.1) is 0 Å². The van der Waals surface area contributed by atoms with Crippen LogP contribution in [0.3, 0.4) is 0 Å². The van der Waals surface area contributed by atoms with Gasteiger partial charge < -0.3 is 4.74 Å². The number of hydrogen-bond acceptors (Lipinski definition) is 3. The van der Waals surface area contributed by atoms with Gasteiger partial charge in [0.2, 0.25) is 5.28 Å². The molecule has 15 heavy (non-hydrogen) atoms. The Morgan fingerprint density at radius 1 is 1.27 bits per heavy atom. The van der Waals surface area contributed by atoms with Crippen molar-refractivity contribution in [3.63, 3.8) is 0 Å². The number of fused-ring (bicyclic) bond motifs is 1. The summed E-state index contributed by atoms with van der Waals surface area (Å²) in [5.74, 6) is 0.602. The molecule has 0 aliphatic rings. The lowest BCUT2D eigenvalue weighted by Crippen LogP contribution is -1.91. The monoisotopic (exact) mass is 306 g/mol. The van der Waals surface area contributed by atoms with E-state index in [1.807, 2.05) is 6.07 Å². The fourth-order valence-electron chi connectivity index (χ4n) is 1.26. The lowest BCUT2D eigenvalue weighted by molar-refractivity contribution is 0.418. The van der Waals surface area contributed by atoms with E-state index in [-0.39, 0.29) is 5.28 Å². The summed E-state index contributed by atoms with van der Waals surface area (Å²) in [6.45, 7) is 0. The molecule has 6 heteroatoms. The van der Waals surface area contributed by atoms with Crippen LogP contribution >= 0.6 is 39.1 Å². The van der Waals surface area contributed by atoms with Crippen LogP contribution in [0.25, 0.3) is 10.9 Å². The molecule has 0 unspecified atom stereocenters. The molecule has 1 aromatic carbocycles. The third-order valence-corrected chi connectivity index (χ3v) is 2.79. The first kappa shape index (κ1) is 10.9. The Bertz CT molecular complexity index is 533. The van der Waals surface area contributed by atoms with Crippen molar-refractivity contribution in [1.82, 2.24) is 9.97 Å². The van der Waals surface area contributed by atoms with Gasteiger partial charge in [0.05, 0.1) is 7.11 Å². The van der Waals surface area contributed by atoms with Crippen molar-refractivity contribution in [2.45, 2.75) is 0 Å². The Morgan fingerprint density at radius 2 is 2.00 bits per heavy atom. The molecule has 0 aliphatic carbocycles. The summed E-state index contributed by atoms with van der Waals surface area (Å²) in [5.41, 5.74) is 0.603. The second kappa shape index (κ2) is 4.12. The molecule has 0 bridgehead atoms. The van der Waals surface area contributed by atoms with Crippen molar-refractivity contribution in [3.8, 4) is 5.75 Å². The summed E-state index contributed by atoms with van der Waals surface area (Å²) in [6.07, 6.45) is 0. The molecule has 1 heterocycles. The lowest BCUT2D eigenvalue weighted by Gasteiger charge is -2.06. The molecule has 0 fully saturated rings. The number of methoxy groups -OCH3 is 1. The number of hydrogen-bond donors (Lipinski definition) is 0. The summed E-state index contributed by atoms with van der Waals surface area (Å²) in [7, 11) is 1.56. The Labute approximate surface area is 105 Å². The summed E-state index contributed by atoms with van der Waals surface area (Å²) in [4.78, 5) is 7.93. The van der Waals surface area contributed by atoms with Crippen LogP contribution in [0.15, 0.2) is 16.6 Å². The first-order valence-electron chi connectivity index (χ1n) is 3.98. The van der Waals surface area contributed by atoms with Crippen molar-refractivity contribution < 1.29 is 4.74 Å². The molecular formula is C9H5BrCl2N2O. The number of ether oxygens (including phenoxy) is 1. The first-order chi connectivity index (χ1) is 7.11. The summed E-state index contributed by atoms with van der Waals surface area (Å²) in [6, 6.07) is 3.61. The van der Waals surface area contributed by atoms with Crippen LogP contribution in [0.4, 0.5) is 0 Å². The summed E-state index contributed by atoms with van der Waals surface area (Å²) in [5, 5.41) is 1.12. The molecule has 78 valence electrons. The molecule has 0 amide bonds. The van der Waals surface area contributed by atoms with E-state index in [9.17, 15) is 0 Å². The third kappa shape index (κ3) is 2.02. The molecule has 0 aliphatic heterocycles. The normalized spacial score (nSPS) is 10.7. The van der Waals surface area contributed by atoms with Gasteiger partial charge >= 0.3 is 0 Å². The van der Waals surface area contributed by atoms with Crippen molar-refractivity contribution >= 4 is 50.0 Å². The van der Waals surface area contributed by atoms with Crippen LogP contribution in [0.2, 0.25) is 10.4 Å². The molecule has 0 atom stereocenters. The molecule has 0 N–H and O–H groups in total. The second-order valence-electron chi connectivity index (χ2n) is 2.79. The SMILES string of the molecule is COc1cc(Br)cc2c(Cl)nc(Cl)nc12. The molecule has 1 aromatic heterocycles. The van der Waals surface area contributed by atoms with Crippen molar-refractivity contribution in [2.75, 3.05) is 7.11 Å². The van der Waals surface area contributed by atoms with Gasteiger partial charge in [-0.25, -0.2) is 9.97 Å². The first-order valence-corrected chi connectivity index (χ1v) is 5.53. The molecule has 3 nitrogen and oxygen atoms in total. The highest BCUT2D eigenvalue weighted by molar-refractivity contribution is 9.10. The zero-order valence-electron chi connectivity index (χ0n) is 7.59. The maximum absolute atomic E-state index is 5.95. The number of rotatable bonds is 1. The van der Waals surface area contributed by atoms with E-state index in [0.717, 1.165) is 4.47 Å². The van der Waals surface area contributed by atoms with Gasteiger partial charge in [-0.2, -0.15) is 0 Å². The average molecular weight is 308 g/mol. The minimum Gasteiger partial charge on any atom is -0.494 e. The topological polar surface area (TPSA) is 35.0 Å². The third-order valence-electron chi connectivity index (χ3n) is 1.88. The molecule has 0 spiro atoms. The van der Waals surface area contributed by atoms with Crippen molar-refractivity contribution in [3.05, 3.63) is 27.0 Å². The number of aromatic nitrogens is 2. The maximum Gasteiger partial charge on any atom is 0.224 e. The number of nitrogens with zero attached hydrogens (tertiary/aromatic N) is 2. The Balaban J connectivity index is 2.89. The predicted molar refractivity (Wildman–Crippen MR) is 63.8 cm³/mol. The fraction of sp³-hybridized carbons (Fsp3) is 0.111. The van der Waals surface area contributed by atoms with Crippen LogP contribution in [0.1, 0.15) is 0 Å². The number of halogens is 3. The van der Waals surface area contributed by atoms with E-state index < -0.39 is 0 Å². The van der Waals surface area contributed by atoms with Crippen molar-refractivity contribution in [2.24, 2.45) is 0 Å². The maximum atomic E-state index is 5.95. The van der Waals surface area contributed by atoms with Gasteiger partial charge in [0.15, 0.2) is 0 Å². The Kier molecular flexibility index (Phi) is 3.00. The minimum absolute atomic E-state index is 0.105.